The Morgan fingerprint density at radius 3 is 2.83 bits per heavy atom. The van der Waals surface area contributed by atoms with Crippen LogP contribution >= 0.6 is 0 Å². The molecular weight excluding hydrogens is 224 g/mol. The summed E-state index contributed by atoms with van der Waals surface area (Å²) in [6, 6.07) is 10.3. The molecule has 0 spiro atoms. The van der Waals surface area contributed by atoms with Gasteiger partial charge in [-0.2, -0.15) is 0 Å². The standard InChI is InChI=1S/C15H18N2O/c18-11-15(6-7-15)10-16-9-13-4-1-3-12-5-2-8-17-14(12)13/h1-5,8,16,18H,6-7,9-11H2. The molecule has 0 unspecified atom stereocenters. The lowest BCUT2D eigenvalue weighted by Crippen LogP contribution is -2.26. The molecule has 18 heavy (non-hydrogen) atoms. The lowest BCUT2D eigenvalue weighted by Gasteiger charge is -2.13. The van der Waals surface area contributed by atoms with Crippen molar-refractivity contribution in [3.63, 3.8) is 0 Å². The Morgan fingerprint density at radius 1 is 1.22 bits per heavy atom. The van der Waals surface area contributed by atoms with Gasteiger partial charge in [-0.25, -0.2) is 0 Å². The van der Waals surface area contributed by atoms with Crippen LogP contribution < -0.4 is 5.32 Å². The Morgan fingerprint density at radius 2 is 2.06 bits per heavy atom. The molecule has 0 radical (unpaired) electrons. The van der Waals surface area contributed by atoms with Crippen LogP contribution in [0.25, 0.3) is 10.9 Å². The van der Waals surface area contributed by atoms with Crippen molar-refractivity contribution in [1.29, 1.82) is 0 Å². The first kappa shape index (κ1) is 11.6. The summed E-state index contributed by atoms with van der Waals surface area (Å²) < 4.78 is 0. The molecule has 1 aliphatic carbocycles. The number of para-hydroxylation sites is 1. The van der Waals surface area contributed by atoms with Crippen LogP contribution in [-0.4, -0.2) is 23.2 Å². The zero-order valence-electron chi connectivity index (χ0n) is 10.4. The van der Waals surface area contributed by atoms with Gasteiger partial charge < -0.3 is 10.4 Å². The molecule has 3 heteroatoms. The summed E-state index contributed by atoms with van der Waals surface area (Å²) in [5.41, 5.74) is 2.46. The first-order valence-electron chi connectivity index (χ1n) is 6.47. The molecule has 1 fully saturated rings. The van der Waals surface area contributed by atoms with E-state index in [-0.39, 0.29) is 5.41 Å². The van der Waals surface area contributed by atoms with E-state index in [9.17, 15) is 5.11 Å². The van der Waals surface area contributed by atoms with E-state index >= 15 is 0 Å². The molecule has 3 nitrogen and oxygen atoms in total. The average Bonchev–Trinajstić information content (AvgIpc) is 3.20. The summed E-state index contributed by atoms with van der Waals surface area (Å²) in [5, 5.41) is 13.9. The molecule has 0 saturated heterocycles. The number of aromatic nitrogens is 1. The first-order chi connectivity index (χ1) is 8.83. The second-order valence-corrected chi connectivity index (χ2v) is 5.25. The maximum Gasteiger partial charge on any atom is 0.0746 e. The first-order valence-corrected chi connectivity index (χ1v) is 6.47. The number of hydrogen-bond acceptors (Lipinski definition) is 3. The highest BCUT2D eigenvalue weighted by Crippen LogP contribution is 2.44. The molecule has 0 amide bonds. The fourth-order valence-corrected chi connectivity index (χ4v) is 2.34. The van der Waals surface area contributed by atoms with Gasteiger partial charge in [-0.3, -0.25) is 4.98 Å². The van der Waals surface area contributed by atoms with E-state index in [0.717, 1.165) is 31.4 Å². The van der Waals surface area contributed by atoms with Crippen LogP contribution in [-0.2, 0) is 6.54 Å². The summed E-state index contributed by atoms with van der Waals surface area (Å²) in [4.78, 5) is 4.44. The van der Waals surface area contributed by atoms with Crippen molar-refractivity contribution in [3.05, 3.63) is 42.1 Å². The summed E-state index contributed by atoms with van der Waals surface area (Å²) in [6.45, 7) is 2.01. The fraction of sp³-hybridized carbons (Fsp3) is 0.400. The van der Waals surface area contributed by atoms with Gasteiger partial charge >= 0.3 is 0 Å². The van der Waals surface area contributed by atoms with E-state index in [1.165, 1.54) is 10.9 Å². The van der Waals surface area contributed by atoms with E-state index < -0.39 is 0 Å². The number of pyridine rings is 1. The van der Waals surface area contributed by atoms with Gasteiger partial charge in [-0.15, -0.1) is 0 Å². The van der Waals surface area contributed by atoms with Gasteiger partial charge in [0, 0.05) is 36.7 Å². The minimum Gasteiger partial charge on any atom is -0.396 e. The number of nitrogens with zero attached hydrogens (tertiary/aromatic N) is 1. The smallest absolute Gasteiger partial charge is 0.0746 e. The quantitative estimate of drug-likeness (QED) is 0.844. The normalized spacial score (nSPS) is 16.9. The van der Waals surface area contributed by atoms with Crippen LogP contribution in [0.3, 0.4) is 0 Å². The van der Waals surface area contributed by atoms with Gasteiger partial charge in [0.15, 0.2) is 0 Å². The van der Waals surface area contributed by atoms with E-state index in [1.807, 2.05) is 12.3 Å². The third-order valence-corrected chi connectivity index (χ3v) is 3.82. The molecule has 0 atom stereocenters. The Balaban J connectivity index is 1.71. The number of aliphatic hydroxyl groups is 1. The van der Waals surface area contributed by atoms with Crippen LogP contribution in [0.4, 0.5) is 0 Å². The molecule has 0 bridgehead atoms. The largest absolute Gasteiger partial charge is 0.396 e. The fourth-order valence-electron chi connectivity index (χ4n) is 2.34. The predicted octanol–water partition coefficient (Wildman–Crippen LogP) is 2.10. The van der Waals surface area contributed by atoms with Gasteiger partial charge in [-0.1, -0.05) is 24.3 Å². The summed E-state index contributed by atoms with van der Waals surface area (Å²) in [6.07, 6.45) is 4.12. The van der Waals surface area contributed by atoms with E-state index in [1.54, 1.807) is 0 Å². The zero-order valence-corrected chi connectivity index (χ0v) is 10.4. The highest BCUT2D eigenvalue weighted by atomic mass is 16.3. The average molecular weight is 242 g/mol. The number of nitrogens with one attached hydrogen (secondary N) is 1. The molecular formula is C15H18N2O. The lowest BCUT2D eigenvalue weighted by molar-refractivity contribution is 0.207. The van der Waals surface area contributed by atoms with Crippen LogP contribution in [0.5, 0.6) is 0 Å². The topological polar surface area (TPSA) is 45.1 Å². The second kappa shape index (κ2) is 4.67. The van der Waals surface area contributed by atoms with Crippen molar-refractivity contribution in [3.8, 4) is 0 Å². The maximum atomic E-state index is 9.27. The molecule has 94 valence electrons. The Bertz CT molecular complexity index is 544. The molecule has 1 aliphatic rings. The van der Waals surface area contributed by atoms with Crippen molar-refractivity contribution < 1.29 is 5.11 Å². The van der Waals surface area contributed by atoms with Gasteiger partial charge in [0.05, 0.1) is 5.52 Å². The highest BCUT2D eigenvalue weighted by Gasteiger charge is 2.41. The van der Waals surface area contributed by atoms with Crippen molar-refractivity contribution in [2.75, 3.05) is 13.2 Å². The molecule has 0 aliphatic heterocycles. The van der Waals surface area contributed by atoms with Crippen molar-refractivity contribution in [1.82, 2.24) is 10.3 Å². The number of benzene rings is 1. The van der Waals surface area contributed by atoms with Gasteiger partial charge in [0.1, 0.15) is 0 Å². The molecule has 3 rings (SSSR count). The number of fused-ring (bicyclic) bond motifs is 1. The molecule has 1 heterocycles. The lowest BCUT2D eigenvalue weighted by atomic mass is 10.1. The number of rotatable bonds is 5. The SMILES string of the molecule is OCC1(CNCc2cccc3cccnc23)CC1. The van der Waals surface area contributed by atoms with Gasteiger partial charge in [0.25, 0.3) is 0 Å². The third-order valence-electron chi connectivity index (χ3n) is 3.82. The van der Waals surface area contributed by atoms with Crippen molar-refractivity contribution in [2.45, 2.75) is 19.4 Å². The van der Waals surface area contributed by atoms with Crippen LogP contribution in [0.2, 0.25) is 0 Å². The summed E-state index contributed by atoms with van der Waals surface area (Å²) in [5.74, 6) is 0. The number of hydrogen-bond donors (Lipinski definition) is 2. The molecule has 1 aromatic carbocycles. The van der Waals surface area contributed by atoms with Crippen LogP contribution in [0.15, 0.2) is 36.5 Å². The monoisotopic (exact) mass is 242 g/mol. The molecule has 2 N–H and O–H groups in total. The van der Waals surface area contributed by atoms with Crippen molar-refractivity contribution >= 4 is 10.9 Å². The molecule has 2 aromatic rings. The van der Waals surface area contributed by atoms with Crippen molar-refractivity contribution in [2.24, 2.45) is 5.41 Å². The Kier molecular flexibility index (Phi) is 3.02. The minimum absolute atomic E-state index is 0.165. The number of aliphatic hydroxyl groups excluding tert-OH is 1. The van der Waals surface area contributed by atoms with E-state index in [2.05, 4.69) is 34.6 Å². The van der Waals surface area contributed by atoms with Gasteiger partial charge in [0.2, 0.25) is 0 Å². The Hall–Kier alpha value is -1.45. The maximum absolute atomic E-state index is 9.27. The van der Waals surface area contributed by atoms with E-state index in [4.69, 9.17) is 0 Å². The zero-order chi connectivity index (χ0) is 12.4. The Labute approximate surface area is 107 Å². The van der Waals surface area contributed by atoms with Crippen LogP contribution in [0.1, 0.15) is 18.4 Å². The van der Waals surface area contributed by atoms with Crippen LogP contribution in [0, 0.1) is 5.41 Å². The third kappa shape index (κ3) is 2.24. The van der Waals surface area contributed by atoms with Gasteiger partial charge in [-0.05, 0) is 24.5 Å². The minimum atomic E-state index is 0.165. The summed E-state index contributed by atoms with van der Waals surface area (Å²) in [7, 11) is 0. The highest BCUT2D eigenvalue weighted by molar-refractivity contribution is 5.81. The predicted molar refractivity (Wildman–Crippen MR) is 72.2 cm³/mol. The molecule has 1 aromatic heterocycles. The molecule has 1 saturated carbocycles. The van der Waals surface area contributed by atoms with E-state index in [0.29, 0.717) is 6.61 Å². The second-order valence-electron chi connectivity index (χ2n) is 5.25. The summed E-state index contributed by atoms with van der Waals surface area (Å²) >= 11 is 0.